The van der Waals surface area contributed by atoms with Crippen LogP contribution in [0.3, 0.4) is 0 Å². The van der Waals surface area contributed by atoms with Gasteiger partial charge in [-0.3, -0.25) is 9.59 Å². The van der Waals surface area contributed by atoms with Crippen molar-refractivity contribution in [2.45, 2.75) is 92.5 Å². The van der Waals surface area contributed by atoms with Crippen molar-refractivity contribution in [1.82, 2.24) is 16.0 Å². The molecule has 0 radical (unpaired) electrons. The number of hydrogen-bond donors (Lipinski definition) is 4. The highest BCUT2D eigenvalue weighted by atomic mass is 16.5. The quantitative estimate of drug-likeness (QED) is 0.277. The summed E-state index contributed by atoms with van der Waals surface area (Å²) in [6.45, 7) is 13.7. The van der Waals surface area contributed by atoms with E-state index in [9.17, 15) is 19.2 Å². The highest BCUT2D eigenvalue weighted by Crippen LogP contribution is 2.11. The van der Waals surface area contributed by atoms with Crippen LogP contribution in [0.5, 0.6) is 0 Å². The van der Waals surface area contributed by atoms with Gasteiger partial charge in [0.05, 0.1) is 6.04 Å². The molecule has 0 saturated carbocycles. The smallest absolute Gasteiger partial charge is 0.408 e. The zero-order valence-corrected chi connectivity index (χ0v) is 23.5. The summed E-state index contributed by atoms with van der Waals surface area (Å²) >= 11 is 0. The van der Waals surface area contributed by atoms with E-state index >= 15 is 0 Å². The Hall–Kier alpha value is -2.94. The molecule has 37 heavy (non-hydrogen) atoms. The fourth-order valence-corrected chi connectivity index (χ4v) is 3.52. The third-order valence-electron chi connectivity index (χ3n) is 5.09. The number of alkyl carbamates (subject to hydrolysis) is 1. The summed E-state index contributed by atoms with van der Waals surface area (Å²) in [5.41, 5.74) is 0.835. The van der Waals surface area contributed by atoms with E-state index < -0.39 is 36.0 Å². The van der Waals surface area contributed by atoms with Crippen LogP contribution in [0.25, 0.3) is 0 Å². The van der Waals surface area contributed by atoms with Gasteiger partial charge < -0.3 is 30.6 Å². The van der Waals surface area contributed by atoms with Crippen LogP contribution in [-0.2, 0) is 25.7 Å². The van der Waals surface area contributed by atoms with E-state index in [-0.39, 0.29) is 31.0 Å². The minimum Gasteiger partial charge on any atom is -0.445 e. The van der Waals surface area contributed by atoms with Crippen molar-refractivity contribution >= 4 is 24.2 Å². The maximum Gasteiger partial charge on any atom is 0.408 e. The van der Waals surface area contributed by atoms with Crippen LogP contribution in [0, 0.1) is 17.8 Å². The Balaban J connectivity index is 0.00000410. The third-order valence-corrected chi connectivity index (χ3v) is 5.09. The first-order valence-corrected chi connectivity index (χ1v) is 13.1. The zero-order chi connectivity index (χ0) is 28.4. The first kappa shape index (κ1) is 34.1. The normalized spacial score (nSPS) is 13.2. The minimum atomic E-state index is -0.858. The number of amides is 3. The van der Waals surface area contributed by atoms with Crippen LogP contribution in [-0.4, -0.2) is 54.0 Å². The number of carbonyl (C=O) groups excluding carboxylic acids is 4. The molecule has 0 aromatic heterocycles. The van der Waals surface area contributed by atoms with Gasteiger partial charge in [-0.15, -0.1) is 0 Å². The van der Waals surface area contributed by atoms with E-state index in [4.69, 9.17) is 9.84 Å². The molecule has 0 aliphatic heterocycles. The molecular formula is C28H47N3O6. The average Bonchev–Trinajstić information content (AvgIpc) is 2.81. The maximum absolute atomic E-state index is 13.1. The highest BCUT2D eigenvalue weighted by molar-refractivity contribution is 5.92. The fourth-order valence-electron chi connectivity index (χ4n) is 3.52. The summed E-state index contributed by atoms with van der Waals surface area (Å²) < 4.78 is 5.26. The molecule has 0 heterocycles. The molecule has 1 rings (SSSR count). The Kier molecular flexibility index (Phi) is 17.7. The molecule has 9 heteroatoms. The lowest BCUT2D eigenvalue weighted by molar-refractivity contribution is -0.131. The van der Waals surface area contributed by atoms with Crippen molar-refractivity contribution in [1.29, 1.82) is 0 Å². The number of rotatable bonds is 14. The summed E-state index contributed by atoms with van der Waals surface area (Å²) in [6.07, 6.45) is 1.32. The van der Waals surface area contributed by atoms with E-state index in [2.05, 4.69) is 16.0 Å². The molecule has 0 saturated heterocycles. The Morgan fingerprint density at radius 3 is 1.73 bits per heavy atom. The van der Waals surface area contributed by atoms with Crippen LogP contribution < -0.4 is 16.0 Å². The number of carbonyl (C=O) groups is 4. The van der Waals surface area contributed by atoms with Gasteiger partial charge in [0.2, 0.25) is 11.8 Å². The van der Waals surface area contributed by atoms with E-state index in [0.717, 1.165) is 11.8 Å². The van der Waals surface area contributed by atoms with Crippen LogP contribution in [0.15, 0.2) is 30.3 Å². The molecule has 9 nitrogen and oxygen atoms in total. The molecular weight excluding hydrogens is 474 g/mol. The van der Waals surface area contributed by atoms with Crippen LogP contribution in [0.1, 0.15) is 73.3 Å². The molecule has 3 amide bonds. The second-order valence-corrected chi connectivity index (χ2v) is 10.3. The summed E-state index contributed by atoms with van der Waals surface area (Å²) in [5, 5.41) is 15.7. The largest absolute Gasteiger partial charge is 0.445 e. The predicted molar refractivity (Wildman–Crippen MR) is 145 cm³/mol. The minimum absolute atomic E-state index is 0.0873. The molecule has 0 spiro atoms. The number of aliphatic hydroxyl groups is 1. The number of nitrogens with one attached hydrogen (secondary N) is 3. The van der Waals surface area contributed by atoms with E-state index in [0.29, 0.717) is 19.3 Å². The van der Waals surface area contributed by atoms with Gasteiger partial charge in [-0.1, -0.05) is 71.9 Å². The van der Waals surface area contributed by atoms with Crippen molar-refractivity contribution in [3.63, 3.8) is 0 Å². The first-order valence-electron chi connectivity index (χ1n) is 13.1. The van der Waals surface area contributed by atoms with Gasteiger partial charge in [-0.05, 0) is 49.5 Å². The SMILES string of the molecule is CC(C)C[C@@H](C=O)NC(=O)[C@H](CC(C)C)NC(=O)[C@H](CC(C)C)NC(=O)OCc1ccccc1.CCO. The fraction of sp³-hybridized carbons (Fsp3) is 0.643. The first-order chi connectivity index (χ1) is 17.4. The summed E-state index contributed by atoms with van der Waals surface area (Å²) in [4.78, 5) is 49.7. The second-order valence-electron chi connectivity index (χ2n) is 10.3. The number of aldehydes is 1. The monoisotopic (exact) mass is 521 g/mol. The van der Waals surface area contributed by atoms with E-state index in [1.807, 2.05) is 71.9 Å². The van der Waals surface area contributed by atoms with Crippen LogP contribution in [0.4, 0.5) is 4.79 Å². The molecule has 1 aromatic rings. The lowest BCUT2D eigenvalue weighted by Crippen LogP contribution is -2.55. The van der Waals surface area contributed by atoms with Crippen molar-refractivity contribution in [3.8, 4) is 0 Å². The van der Waals surface area contributed by atoms with Gasteiger partial charge in [0.15, 0.2) is 0 Å². The van der Waals surface area contributed by atoms with Gasteiger partial charge in [0, 0.05) is 6.61 Å². The molecule has 3 atom stereocenters. The molecule has 0 unspecified atom stereocenters. The topological polar surface area (TPSA) is 134 Å². The third kappa shape index (κ3) is 16.4. The predicted octanol–water partition coefficient (Wildman–Crippen LogP) is 3.59. The summed E-state index contributed by atoms with van der Waals surface area (Å²) in [7, 11) is 0. The lowest BCUT2D eigenvalue weighted by Gasteiger charge is -2.26. The van der Waals surface area contributed by atoms with Crippen molar-refractivity contribution < 1.29 is 29.0 Å². The molecule has 0 bridgehead atoms. The summed E-state index contributed by atoms with van der Waals surface area (Å²) in [6, 6.07) is 6.96. The van der Waals surface area contributed by atoms with Crippen molar-refractivity contribution in [2.75, 3.05) is 6.61 Å². The number of hydrogen-bond acceptors (Lipinski definition) is 6. The molecule has 210 valence electrons. The summed E-state index contributed by atoms with van der Waals surface area (Å²) in [5.74, 6) is -0.390. The zero-order valence-electron chi connectivity index (χ0n) is 23.5. The van der Waals surface area contributed by atoms with Crippen molar-refractivity contribution in [3.05, 3.63) is 35.9 Å². The molecule has 0 aliphatic carbocycles. The van der Waals surface area contributed by atoms with Gasteiger partial charge in [0.25, 0.3) is 0 Å². The Bertz CT molecular complexity index is 798. The van der Waals surface area contributed by atoms with E-state index in [1.165, 1.54) is 0 Å². The standard InChI is InChI=1S/C26H41N3O5.C2H6O/c1-17(2)12-21(15-30)27-24(31)22(13-18(3)4)28-25(32)23(14-19(5)6)29-26(33)34-16-20-10-8-7-9-11-20;1-2-3/h7-11,15,17-19,21-23H,12-14,16H2,1-6H3,(H,27,31)(H,28,32)(H,29,33);3H,2H2,1H3/t21-,22-,23-;/m0./s1. The molecule has 1 aromatic carbocycles. The highest BCUT2D eigenvalue weighted by Gasteiger charge is 2.29. The molecule has 0 aliphatic rings. The van der Waals surface area contributed by atoms with Gasteiger partial charge in [-0.2, -0.15) is 0 Å². The second kappa shape index (κ2) is 19.2. The number of aliphatic hydroxyl groups excluding tert-OH is 1. The van der Waals surface area contributed by atoms with Crippen LogP contribution in [0.2, 0.25) is 0 Å². The van der Waals surface area contributed by atoms with Crippen LogP contribution >= 0.6 is 0 Å². The van der Waals surface area contributed by atoms with Gasteiger partial charge in [0.1, 0.15) is 25.0 Å². The lowest BCUT2D eigenvalue weighted by atomic mass is 9.99. The van der Waals surface area contributed by atoms with Crippen molar-refractivity contribution in [2.24, 2.45) is 17.8 Å². The van der Waals surface area contributed by atoms with Gasteiger partial charge in [-0.25, -0.2) is 4.79 Å². The Labute approximate surface area is 222 Å². The van der Waals surface area contributed by atoms with E-state index in [1.54, 1.807) is 6.92 Å². The molecule has 0 fully saturated rings. The Morgan fingerprint density at radius 2 is 1.27 bits per heavy atom. The number of ether oxygens (including phenoxy) is 1. The maximum atomic E-state index is 13.1. The molecule has 4 N–H and O–H groups in total. The number of benzene rings is 1. The average molecular weight is 522 g/mol. The Morgan fingerprint density at radius 1 is 0.811 bits per heavy atom. The van der Waals surface area contributed by atoms with Gasteiger partial charge >= 0.3 is 6.09 Å².